The minimum atomic E-state index is -4.85. The van der Waals surface area contributed by atoms with Crippen LogP contribution in [0.4, 0.5) is 27.6 Å². The van der Waals surface area contributed by atoms with Gasteiger partial charge in [-0.05, 0) is 46.1 Å². The minimum Gasteiger partial charge on any atom is -0.321 e. The Bertz CT molecular complexity index is 1210. The molecular formula is C21H24F5N5OS. The molecule has 0 aliphatic heterocycles. The monoisotopic (exact) mass is 489 g/mol. The first-order chi connectivity index (χ1) is 15.1. The van der Waals surface area contributed by atoms with Crippen molar-refractivity contribution in [1.82, 2.24) is 9.78 Å². The summed E-state index contributed by atoms with van der Waals surface area (Å²) in [6.07, 6.45) is -3.38. The van der Waals surface area contributed by atoms with Gasteiger partial charge in [-0.3, -0.25) is 19.0 Å². The molecule has 3 N–H and O–H groups in total. The molecule has 33 heavy (non-hydrogen) atoms. The topological polar surface area (TPSA) is 94.6 Å². The van der Waals surface area contributed by atoms with Crippen molar-refractivity contribution in [2.24, 2.45) is 5.41 Å². The summed E-state index contributed by atoms with van der Waals surface area (Å²) in [6.45, 7) is 1.32. The molecule has 12 heteroatoms. The third-order valence-corrected chi connectivity index (χ3v) is 7.10. The average Bonchev–Trinajstić information content (AvgIpc) is 3.39. The van der Waals surface area contributed by atoms with Crippen molar-refractivity contribution in [3.8, 4) is 0 Å². The Kier molecular flexibility index (Phi) is 5.38. The first kappa shape index (κ1) is 23.7. The zero-order chi connectivity index (χ0) is 24.4. The molecule has 0 saturated heterocycles. The van der Waals surface area contributed by atoms with E-state index in [0.717, 1.165) is 4.68 Å². The predicted octanol–water partition coefficient (Wildman–Crippen LogP) is 6.13. The van der Waals surface area contributed by atoms with Crippen LogP contribution in [0.1, 0.15) is 60.3 Å². The van der Waals surface area contributed by atoms with Crippen molar-refractivity contribution in [3.63, 3.8) is 0 Å². The molecule has 4 rings (SSSR count). The molecule has 2 fully saturated rings. The Labute approximate surface area is 188 Å². The molecule has 0 radical (unpaired) electrons. The number of nitrogens with one attached hydrogen (secondary N) is 3. The van der Waals surface area contributed by atoms with E-state index in [2.05, 4.69) is 10.4 Å². The van der Waals surface area contributed by atoms with Crippen LogP contribution in [0.25, 0.3) is 0 Å². The fourth-order valence-electron chi connectivity index (χ4n) is 4.44. The minimum absolute atomic E-state index is 0.144. The lowest BCUT2D eigenvalue weighted by molar-refractivity contribution is -0.160. The number of amides is 1. The maximum absolute atomic E-state index is 14.1. The van der Waals surface area contributed by atoms with Gasteiger partial charge in [0.2, 0.25) is 5.92 Å². The number of carbonyl (C=O) groups is 1. The molecule has 2 aromatic rings. The van der Waals surface area contributed by atoms with Crippen LogP contribution in [0.3, 0.4) is 0 Å². The van der Waals surface area contributed by atoms with Gasteiger partial charge in [-0.15, -0.1) is 0 Å². The van der Waals surface area contributed by atoms with Crippen molar-refractivity contribution in [1.29, 1.82) is 9.56 Å². The second kappa shape index (κ2) is 7.51. The standard InChI is InChI=1S/C21H24F5N5OS/c1-19(9-20(22,23)10-19)11-31-17(15(21(24,25)26)16(30-31)12-6-7-12)18(32)29-13-4-3-5-14(8-13)33(2,27)28/h3-5,8,12,27-28H,6-7,9-11H2,1-2H3,(H,29,32). The first-order valence-electron chi connectivity index (χ1n) is 10.3. The quantitative estimate of drug-likeness (QED) is 0.426. The van der Waals surface area contributed by atoms with Crippen molar-refractivity contribution in [2.75, 3.05) is 11.6 Å². The van der Waals surface area contributed by atoms with Gasteiger partial charge in [0.05, 0.1) is 5.69 Å². The number of hydrogen-bond donors (Lipinski definition) is 3. The number of benzene rings is 1. The summed E-state index contributed by atoms with van der Waals surface area (Å²) < 4.78 is 86.0. The highest BCUT2D eigenvalue weighted by molar-refractivity contribution is 7.92. The van der Waals surface area contributed by atoms with Crippen molar-refractivity contribution >= 4 is 21.2 Å². The van der Waals surface area contributed by atoms with E-state index in [1.54, 1.807) is 13.0 Å². The van der Waals surface area contributed by atoms with Crippen LogP contribution in [0.2, 0.25) is 0 Å². The van der Waals surface area contributed by atoms with Gasteiger partial charge in [-0.2, -0.15) is 18.3 Å². The fourth-order valence-corrected chi connectivity index (χ4v) is 5.15. The third kappa shape index (κ3) is 4.90. The van der Waals surface area contributed by atoms with Gasteiger partial charge in [0.15, 0.2) is 0 Å². The highest BCUT2D eigenvalue weighted by atomic mass is 32.2. The van der Waals surface area contributed by atoms with Crippen LogP contribution in [-0.4, -0.2) is 27.9 Å². The van der Waals surface area contributed by atoms with E-state index in [9.17, 15) is 26.7 Å². The molecule has 0 bridgehead atoms. The molecule has 0 atom stereocenters. The molecule has 1 aromatic heterocycles. The van der Waals surface area contributed by atoms with Gasteiger partial charge < -0.3 is 5.32 Å². The van der Waals surface area contributed by atoms with Gasteiger partial charge in [0.1, 0.15) is 11.3 Å². The molecule has 0 spiro atoms. The molecule has 1 aromatic carbocycles. The molecule has 1 amide bonds. The lowest BCUT2D eigenvalue weighted by Crippen LogP contribution is -2.47. The molecule has 2 saturated carbocycles. The maximum Gasteiger partial charge on any atom is 0.420 e. The summed E-state index contributed by atoms with van der Waals surface area (Å²) in [4.78, 5) is 13.5. The smallest absolute Gasteiger partial charge is 0.321 e. The van der Waals surface area contributed by atoms with Gasteiger partial charge in [0, 0.05) is 42.1 Å². The number of hydrogen-bond acceptors (Lipinski definition) is 4. The average molecular weight is 490 g/mol. The van der Waals surface area contributed by atoms with Crippen molar-refractivity contribution < 1.29 is 26.7 Å². The molecule has 2 aliphatic rings. The summed E-state index contributed by atoms with van der Waals surface area (Å²) >= 11 is 0. The zero-order valence-electron chi connectivity index (χ0n) is 18.0. The molecule has 1 heterocycles. The molecule has 180 valence electrons. The van der Waals surface area contributed by atoms with E-state index in [1.807, 2.05) is 0 Å². The second-order valence-corrected chi connectivity index (χ2v) is 11.8. The fraction of sp³-hybridized carbons (Fsp3) is 0.524. The van der Waals surface area contributed by atoms with E-state index in [-0.39, 0.29) is 17.9 Å². The van der Waals surface area contributed by atoms with E-state index in [4.69, 9.17) is 9.56 Å². The summed E-state index contributed by atoms with van der Waals surface area (Å²) in [6, 6.07) is 5.89. The summed E-state index contributed by atoms with van der Waals surface area (Å²) in [5.74, 6) is -4.34. The Hall–Kier alpha value is -2.50. The van der Waals surface area contributed by atoms with E-state index >= 15 is 0 Å². The van der Waals surface area contributed by atoms with Gasteiger partial charge in [-0.25, -0.2) is 8.78 Å². The Morgan fingerprint density at radius 2 is 1.91 bits per heavy atom. The van der Waals surface area contributed by atoms with Crippen LogP contribution < -0.4 is 5.32 Å². The van der Waals surface area contributed by atoms with Gasteiger partial charge in [-0.1, -0.05) is 13.0 Å². The van der Waals surface area contributed by atoms with Gasteiger partial charge >= 0.3 is 6.18 Å². The van der Waals surface area contributed by atoms with Crippen LogP contribution >= 0.6 is 0 Å². The maximum atomic E-state index is 14.1. The highest BCUT2D eigenvalue weighted by Gasteiger charge is 2.55. The number of rotatable bonds is 6. The van der Waals surface area contributed by atoms with Crippen molar-refractivity contribution in [2.45, 2.75) is 62.1 Å². The van der Waals surface area contributed by atoms with Gasteiger partial charge in [0.25, 0.3) is 5.91 Å². The number of alkyl halides is 5. The zero-order valence-corrected chi connectivity index (χ0v) is 18.8. The first-order valence-corrected chi connectivity index (χ1v) is 12.4. The molecule has 6 nitrogen and oxygen atoms in total. The Balaban J connectivity index is 1.74. The number of nitrogens with zero attached hydrogens (tertiary/aromatic N) is 2. The van der Waals surface area contributed by atoms with E-state index in [1.165, 1.54) is 24.5 Å². The Morgan fingerprint density at radius 3 is 2.42 bits per heavy atom. The van der Waals surface area contributed by atoms with Crippen LogP contribution in [0.15, 0.2) is 29.2 Å². The van der Waals surface area contributed by atoms with Crippen LogP contribution in [-0.2, 0) is 22.3 Å². The lowest BCUT2D eigenvalue weighted by atomic mass is 9.67. The van der Waals surface area contributed by atoms with Crippen LogP contribution in [0.5, 0.6) is 0 Å². The number of halogens is 5. The van der Waals surface area contributed by atoms with E-state index < -0.39 is 63.1 Å². The largest absolute Gasteiger partial charge is 0.420 e. The predicted molar refractivity (Wildman–Crippen MR) is 113 cm³/mol. The highest BCUT2D eigenvalue weighted by Crippen LogP contribution is 2.53. The third-order valence-electron chi connectivity index (χ3n) is 5.91. The summed E-state index contributed by atoms with van der Waals surface area (Å²) in [5.41, 5.74) is -2.87. The number of aromatic nitrogens is 2. The molecular weight excluding hydrogens is 465 g/mol. The van der Waals surface area contributed by atoms with Crippen molar-refractivity contribution in [3.05, 3.63) is 41.2 Å². The normalized spacial score (nSPS) is 19.7. The summed E-state index contributed by atoms with van der Waals surface area (Å²) in [5, 5.41) is 6.54. The SMILES string of the molecule is CC1(Cn2nc(C3CC3)c(C(F)(F)F)c2C(=O)Nc2cccc(S(C)(=N)=N)c2)CC(F)(F)C1. The number of carbonyl (C=O) groups excluding carboxylic acids is 1. The number of anilines is 1. The van der Waals surface area contributed by atoms with E-state index in [0.29, 0.717) is 17.7 Å². The molecule has 0 unspecified atom stereocenters. The summed E-state index contributed by atoms with van der Waals surface area (Å²) in [7, 11) is -2.61. The molecule has 2 aliphatic carbocycles. The van der Waals surface area contributed by atoms with Crippen LogP contribution in [0, 0.1) is 15.0 Å². The second-order valence-electron chi connectivity index (χ2n) is 9.46. The Morgan fingerprint density at radius 1 is 1.27 bits per heavy atom. The lowest BCUT2D eigenvalue weighted by Gasteiger charge is -2.44.